The van der Waals surface area contributed by atoms with Crippen LogP contribution < -0.4 is 10.9 Å². The minimum absolute atomic E-state index is 0.0757. The highest BCUT2D eigenvalue weighted by Gasteiger charge is 2.45. The molecule has 1 unspecified atom stereocenters. The van der Waals surface area contributed by atoms with Crippen LogP contribution in [0.25, 0.3) is 17.2 Å². The maximum Gasteiger partial charge on any atom is 0.251 e. The second kappa shape index (κ2) is 25.1. The molecule has 1 spiro atoms. The predicted molar refractivity (Wildman–Crippen MR) is 282 cm³/mol. The van der Waals surface area contributed by atoms with E-state index in [9.17, 15) is 4.79 Å². The SMILES string of the molecule is C=CC.C=CCCC(C)C(=C)NC.CC.CCc1ccc(CC2CC3(CCN(CC4CCN(Cc5c(C)cc(-c6c[nH]c(=O)c7c6C=C(N6CCC6)CC7)cc5C)CC4)CC3)C2)cc1C. The van der Waals surface area contributed by atoms with Crippen molar-refractivity contribution in [3.05, 3.63) is 135 Å². The van der Waals surface area contributed by atoms with Crippen LogP contribution in [0.3, 0.4) is 0 Å². The number of hydrogen-bond donors (Lipinski definition) is 2. The van der Waals surface area contributed by atoms with E-state index in [4.69, 9.17) is 0 Å². The molecular formula is C59H89N5O. The number of pyridine rings is 1. The van der Waals surface area contributed by atoms with Crippen LogP contribution >= 0.6 is 0 Å². The molecule has 5 aliphatic rings. The Balaban J connectivity index is 0.000000461. The van der Waals surface area contributed by atoms with E-state index in [2.05, 4.69) is 116 Å². The van der Waals surface area contributed by atoms with Gasteiger partial charge in [-0.2, -0.15) is 0 Å². The molecule has 0 amide bonds. The molecular weight excluding hydrogens is 795 g/mol. The number of nitrogens with zero attached hydrogens (tertiary/aromatic N) is 3. The first-order valence-corrected chi connectivity index (χ1v) is 25.8. The molecule has 1 aromatic heterocycles. The van der Waals surface area contributed by atoms with Crippen LogP contribution in [0.5, 0.6) is 0 Å². The average molecular weight is 884 g/mol. The molecule has 3 saturated heterocycles. The summed E-state index contributed by atoms with van der Waals surface area (Å²) in [5, 5.41) is 3.04. The summed E-state index contributed by atoms with van der Waals surface area (Å²) in [5.41, 5.74) is 16.5. The molecule has 2 aromatic carbocycles. The standard InChI is InChI=1S/C45H60N4O.C9H17N.C3H6.C2H6/c1-5-37-8-7-35(21-31(37)2)24-36-26-45(27-36)13-19-48(20-14-45)29-34-11-17-47(18-12-34)30-43-32(3)22-38(23-33(43)4)42-28-46-44(50)40-10-9-39(25-41(40)42)49-15-6-16-49;1-5-6-7-8(2)9(3)10-4;1-3-2;1-2/h7-8,21-23,25,28,34,36H,5-6,9-20,24,26-27,29-30H2,1-4H3,(H,46,50);5,8,10H,1,3,6-7H2,2,4H3;3H,1H2,2H3;1-2H3. The van der Waals surface area contributed by atoms with Crippen molar-refractivity contribution in [2.24, 2.45) is 23.2 Å². The number of hydrogen-bond acceptors (Lipinski definition) is 5. The third-order valence-electron chi connectivity index (χ3n) is 15.4. The van der Waals surface area contributed by atoms with Gasteiger partial charge < -0.3 is 20.1 Å². The van der Waals surface area contributed by atoms with E-state index in [1.54, 1.807) is 11.6 Å². The lowest BCUT2D eigenvalue weighted by molar-refractivity contribution is -0.0184. The maximum absolute atomic E-state index is 12.8. The van der Waals surface area contributed by atoms with Gasteiger partial charge in [0.25, 0.3) is 5.56 Å². The summed E-state index contributed by atoms with van der Waals surface area (Å²) in [6.45, 7) is 37.8. The van der Waals surface area contributed by atoms with Crippen molar-refractivity contribution in [1.82, 2.24) is 25.0 Å². The van der Waals surface area contributed by atoms with E-state index in [1.165, 1.54) is 129 Å². The molecule has 6 heteroatoms. The topological polar surface area (TPSA) is 54.6 Å². The maximum atomic E-state index is 12.8. The Morgan fingerprint density at radius 3 is 2.15 bits per heavy atom. The fourth-order valence-electron chi connectivity index (χ4n) is 11.2. The van der Waals surface area contributed by atoms with Gasteiger partial charge in [-0.1, -0.05) is 76.8 Å². The van der Waals surface area contributed by atoms with Crippen molar-refractivity contribution in [3.8, 4) is 11.1 Å². The number of aromatic amines is 1. The number of H-pyrrole nitrogens is 1. The van der Waals surface area contributed by atoms with Crippen LogP contribution in [0.2, 0.25) is 0 Å². The third kappa shape index (κ3) is 13.7. The predicted octanol–water partition coefficient (Wildman–Crippen LogP) is 13.0. The lowest BCUT2D eigenvalue weighted by atomic mass is 9.56. The molecule has 1 atom stereocenters. The Morgan fingerprint density at radius 1 is 0.923 bits per heavy atom. The van der Waals surface area contributed by atoms with Gasteiger partial charge in [-0.15, -0.1) is 13.2 Å². The van der Waals surface area contributed by atoms with E-state index in [0.29, 0.717) is 11.3 Å². The molecule has 65 heavy (non-hydrogen) atoms. The molecule has 3 aliphatic heterocycles. The summed E-state index contributed by atoms with van der Waals surface area (Å²) in [6, 6.07) is 12.0. The number of likely N-dealkylation sites (tertiary alicyclic amines) is 3. The summed E-state index contributed by atoms with van der Waals surface area (Å²) >= 11 is 0. The van der Waals surface area contributed by atoms with Crippen molar-refractivity contribution in [3.63, 3.8) is 0 Å². The highest BCUT2D eigenvalue weighted by Crippen LogP contribution is 2.53. The molecule has 2 aliphatic carbocycles. The van der Waals surface area contributed by atoms with Crippen LogP contribution in [0.15, 0.2) is 84.6 Å². The zero-order valence-electron chi connectivity index (χ0n) is 42.6. The number of rotatable bonds is 14. The van der Waals surface area contributed by atoms with E-state index < -0.39 is 0 Å². The third-order valence-corrected chi connectivity index (χ3v) is 15.4. The van der Waals surface area contributed by atoms with Crippen molar-refractivity contribution in [2.75, 3.05) is 52.9 Å². The lowest BCUT2D eigenvalue weighted by Crippen LogP contribution is -2.49. The van der Waals surface area contributed by atoms with E-state index in [0.717, 1.165) is 80.4 Å². The second-order valence-electron chi connectivity index (χ2n) is 20.1. The van der Waals surface area contributed by atoms with Crippen LogP contribution in [-0.4, -0.2) is 72.5 Å². The van der Waals surface area contributed by atoms with Gasteiger partial charge in [-0.25, -0.2) is 0 Å². The first-order chi connectivity index (χ1) is 31.4. The quantitative estimate of drug-likeness (QED) is 0.158. The fourth-order valence-corrected chi connectivity index (χ4v) is 11.2. The average Bonchev–Trinajstić information content (AvgIpc) is 3.28. The van der Waals surface area contributed by atoms with Gasteiger partial charge in [0.15, 0.2) is 0 Å². The summed E-state index contributed by atoms with van der Waals surface area (Å²) in [6.07, 6.45) is 24.1. The number of fused-ring (bicyclic) bond motifs is 1. The Bertz CT molecular complexity index is 2070. The molecule has 8 rings (SSSR count). The second-order valence-corrected chi connectivity index (χ2v) is 20.1. The highest BCUT2D eigenvalue weighted by molar-refractivity contribution is 5.79. The van der Waals surface area contributed by atoms with Crippen molar-refractivity contribution in [2.45, 2.75) is 145 Å². The van der Waals surface area contributed by atoms with Crippen LogP contribution in [-0.2, 0) is 25.8 Å². The fraction of sp³-hybridized carbons (Fsp3) is 0.576. The number of aromatic nitrogens is 1. The monoisotopic (exact) mass is 884 g/mol. The number of piperidine rings is 2. The number of allylic oxidation sites excluding steroid dienone is 4. The Morgan fingerprint density at radius 2 is 1.58 bits per heavy atom. The van der Waals surface area contributed by atoms with Gasteiger partial charge in [-0.3, -0.25) is 9.69 Å². The van der Waals surface area contributed by atoms with Gasteiger partial charge in [-0.05, 0) is 211 Å². The molecule has 0 radical (unpaired) electrons. The molecule has 1 saturated carbocycles. The summed E-state index contributed by atoms with van der Waals surface area (Å²) in [7, 11) is 1.91. The number of aryl methyl sites for hydroxylation is 4. The van der Waals surface area contributed by atoms with Gasteiger partial charge in [0.1, 0.15) is 0 Å². The van der Waals surface area contributed by atoms with Crippen molar-refractivity contribution in [1.29, 1.82) is 0 Å². The molecule has 6 nitrogen and oxygen atoms in total. The van der Waals surface area contributed by atoms with Crippen molar-refractivity contribution < 1.29 is 0 Å². The minimum atomic E-state index is 0.0757. The normalized spacial score (nSPS) is 18.7. The van der Waals surface area contributed by atoms with E-state index in [-0.39, 0.29) is 5.56 Å². The molecule has 3 aromatic rings. The summed E-state index contributed by atoms with van der Waals surface area (Å²) in [4.78, 5) is 23.8. The van der Waals surface area contributed by atoms with Crippen LogP contribution in [0.4, 0.5) is 0 Å². The molecule has 4 fully saturated rings. The first-order valence-electron chi connectivity index (χ1n) is 25.8. The molecule has 4 heterocycles. The Hall–Kier alpha value is -4.13. The molecule has 2 N–H and O–H groups in total. The Labute approximate surface area is 396 Å². The van der Waals surface area contributed by atoms with Gasteiger partial charge in [0, 0.05) is 61.9 Å². The lowest BCUT2D eigenvalue weighted by Gasteiger charge is -2.53. The van der Waals surface area contributed by atoms with Crippen LogP contribution in [0, 0.1) is 43.9 Å². The van der Waals surface area contributed by atoms with Gasteiger partial charge >= 0.3 is 0 Å². The smallest absolute Gasteiger partial charge is 0.251 e. The molecule has 0 bridgehead atoms. The Kier molecular flexibility index (Phi) is 20.0. The van der Waals surface area contributed by atoms with Gasteiger partial charge in [0.2, 0.25) is 0 Å². The number of nitrogens with one attached hydrogen (secondary N) is 2. The zero-order valence-corrected chi connectivity index (χ0v) is 42.6. The minimum Gasteiger partial charge on any atom is -0.392 e. The summed E-state index contributed by atoms with van der Waals surface area (Å²) in [5.74, 6) is 2.30. The van der Waals surface area contributed by atoms with E-state index >= 15 is 0 Å². The largest absolute Gasteiger partial charge is 0.392 e. The summed E-state index contributed by atoms with van der Waals surface area (Å²) < 4.78 is 0. The van der Waals surface area contributed by atoms with Crippen LogP contribution in [0.1, 0.15) is 143 Å². The number of benzene rings is 2. The first kappa shape index (κ1) is 51.8. The molecule has 356 valence electrons. The zero-order chi connectivity index (χ0) is 47.1. The highest BCUT2D eigenvalue weighted by atomic mass is 16.1. The van der Waals surface area contributed by atoms with Crippen molar-refractivity contribution >= 4 is 6.08 Å². The van der Waals surface area contributed by atoms with Gasteiger partial charge in [0.05, 0.1) is 0 Å². The van der Waals surface area contributed by atoms with E-state index in [1.807, 2.05) is 40.1 Å².